The fraction of sp³-hybridized carbons (Fsp3) is 0.238. The van der Waals surface area contributed by atoms with Crippen LogP contribution in [0.15, 0.2) is 109 Å². The molecule has 0 amide bonds. The van der Waals surface area contributed by atoms with Crippen LogP contribution < -0.4 is 0 Å². The number of aromatic nitrogens is 4. The summed E-state index contributed by atoms with van der Waals surface area (Å²) in [6.45, 7) is 0. The van der Waals surface area contributed by atoms with Gasteiger partial charge in [0, 0.05) is 54.7 Å². The average Bonchev–Trinajstić information content (AvgIpc) is 3.64. The van der Waals surface area contributed by atoms with Gasteiger partial charge < -0.3 is 0 Å². The Morgan fingerprint density at radius 1 is 0.553 bits per heavy atom. The van der Waals surface area contributed by atoms with Gasteiger partial charge in [-0.3, -0.25) is 4.98 Å². The minimum atomic E-state index is 0.0984. The molecule has 4 fully saturated rings. The van der Waals surface area contributed by atoms with Crippen molar-refractivity contribution in [2.45, 2.75) is 37.5 Å². The lowest BCUT2D eigenvalue weighted by atomic mass is 9.43. The molecule has 0 N–H and O–H groups in total. The zero-order valence-corrected chi connectivity index (χ0v) is 26.8. The Morgan fingerprint density at radius 2 is 1.28 bits per heavy atom. The second kappa shape index (κ2) is 9.65. The molecule has 5 aliphatic rings. The van der Waals surface area contributed by atoms with Crippen LogP contribution in [-0.4, -0.2) is 19.9 Å². The highest BCUT2D eigenvalue weighted by Gasteiger charge is 2.61. The van der Waals surface area contributed by atoms with E-state index in [1.807, 2.05) is 23.6 Å². The lowest BCUT2D eigenvalue weighted by Crippen LogP contribution is -2.55. The Kier molecular flexibility index (Phi) is 5.41. The van der Waals surface area contributed by atoms with Gasteiger partial charge in [0.15, 0.2) is 17.5 Å². The fourth-order valence-corrected chi connectivity index (χ4v) is 11.7. The monoisotopic (exact) mass is 624 g/mol. The molecule has 5 heteroatoms. The van der Waals surface area contributed by atoms with Crippen LogP contribution in [0.1, 0.15) is 43.2 Å². The van der Waals surface area contributed by atoms with Crippen LogP contribution in [0.25, 0.3) is 65.5 Å². The van der Waals surface area contributed by atoms with Crippen LogP contribution in [-0.2, 0) is 5.41 Å². The van der Waals surface area contributed by atoms with Gasteiger partial charge in [0.05, 0.1) is 0 Å². The number of nitrogens with zero attached hydrogens (tertiary/aromatic N) is 4. The molecular weight excluding hydrogens is 593 g/mol. The third-order valence-corrected chi connectivity index (χ3v) is 13.2. The predicted molar refractivity (Wildman–Crippen MR) is 190 cm³/mol. The largest absolute Gasteiger partial charge is 0.264 e. The molecule has 4 saturated carbocycles. The first kappa shape index (κ1) is 26.3. The van der Waals surface area contributed by atoms with Crippen molar-refractivity contribution in [2.24, 2.45) is 23.7 Å². The maximum Gasteiger partial charge on any atom is 0.165 e. The smallest absolute Gasteiger partial charge is 0.165 e. The molecule has 5 aliphatic carbocycles. The third kappa shape index (κ3) is 3.64. The standard InChI is InChI=1S/C42H32N4S/c1-2-7-26(8-3-1)39-44-40(46-41(45-39)33-11-6-10-32-31-9-4-5-12-37(31)47-38(32)33)27-13-14-35-34(22-27)30-15-16-43-23-36(30)42(35)28-18-24-17-25(20-28)21-29(42)19-24/h1-16,22-25,28-29H,17-21H2. The summed E-state index contributed by atoms with van der Waals surface area (Å²) in [6.07, 6.45) is 11.1. The number of hydrogen-bond acceptors (Lipinski definition) is 5. The molecular formula is C42H32N4S. The van der Waals surface area contributed by atoms with Gasteiger partial charge in [-0.1, -0.05) is 72.8 Å². The van der Waals surface area contributed by atoms with E-state index in [0.717, 1.165) is 34.4 Å². The van der Waals surface area contributed by atoms with E-state index < -0.39 is 0 Å². The van der Waals surface area contributed by atoms with Crippen LogP contribution in [0.3, 0.4) is 0 Å². The Labute approximate surface area is 277 Å². The zero-order valence-electron chi connectivity index (χ0n) is 25.9. The summed E-state index contributed by atoms with van der Waals surface area (Å²) < 4.78 is 2.49. The normalized spacial score (nSPS) is 25.1. The average molecular weight is 625 g/mol. The fourth-order valence-electron chi connectivity index (χ4n) is 10.4. The molecule has 0 atom stereocenters. The van der Waals surface area contributed by atoms with Gasteiger partial charge in [-0.05, 0) is 102 Å². The first-order valence-corrected chi connectivity index (χ1v) is 17.9. The second-order valence-corrected chi connectivity index (χ2v) is 15.4. The third-order valence-electron chi connectivity index (χ3n) is 12.0. The molecule has 4 nitrogen and oxygen atoms in total. The number of thiophene rings is 1. The molecule has 7 aromatic rings. The minimum Gasteiger partial charge on any atom is -0.264 e. The number of hydrogen-bond donors (Lipinski definition) is 0. The number of pyridine rings is 1. The minimum absolute atomic E-state index is 0.0984. The molecule has 0 aliphatic heterocycles. The quantitative estimate of drug-likeness (QED) is 0.196. The van der Waals surface area contributed by atoms with Gasteiger partial charge in [-0.25, -0.2) is 15.0 Å². The summed E-state index contributed by atoms with van der Waals surface area (Å²) in [5, 5.41) is 2.52. The SMILES string of the molecule is c1ccc(-c2nc(-c3ccc4c(c3)-c3ccncc3C43C4CC5CC(C4)CC3C5)nc(-c3cccc4c3sc3ccccc34)n2)cc1. The Hall–Kier alpha value is -4.74. The van der Waals surface area contributed by atoms with Crippen molar-refractivity contribution in [1.82, 2.24) is 19.9 Å². The van der Waals surface area contributed by atoms with E-state index in [2.05, 4.69) is 97.2 Å². The van der Waals surface area contributed by atoms with Crippen molar-refractivity contribution >= 4 is 31.5 Å². The van der Waals surface area contributed by atoms with Gasteiger partial charge in [-0.15, -0.1) is 11.3 Å². The van der Waals surface area contributed by atoms with Crippen molar-refractivity contribution in [3.05, 3.63) is 121 Å². The van der Waals surface area contributed by atoms with Crippen molar-refractivity contribution in [3.8, 4) is 45.3 Å². The van der Waals surface area contributed by atoms with Gasteiger partial charge in [0.1, 0.15) is 0 Å². The lowest BCUT2D eigenvalue weighted by Gasteiger charge is -2.61. The molecule has 4 aromatic carbocycles. The number of benzene rings is 4. The van der Waals surface area contributed by atoms with Gasteiger partial charge in [0.2, 0.25) is 0 Å². The van der Waals surface area contributed by atoms with Crippen LogP contribution in [0.5, 0.6) is 0 Å². The van der Waals surface area contributed by atoms with Gasteiger partial charge in [-0.2, -0.15) is 0 Å². The molecule has 12 rings (SSSR count). The van der Waals surface area contributed by atoms with Crippen LogP contribution in [0.4, 0.5) is 0 Å². The second-order valence-electron chi connectivity index (χ2n) is 14.3. The van der Waals surface area contributed by atoms with E-state index in [0.29, 0.717) is 23.5 Å². The molecule has 226 valence electrons. The summed E-state index contributed by atoms with van der Waals surface area (Å²) >= 11 is 1.81. The van der Waals surface area contributed by atoms with Gasteiger partial charge in [0.25, 0.3) is 0 Å². The molecule has 1 spiro atoms. The van der Waals surface area contributed by atoms with Crippen molar-refractivity contribution in [1.29, 1.82) is 0 Å². The molecule has 3 aromatic heterocycles. The van der Waals surface area contributed by atoms with Crippen LogP contribution >= 0.6 is 11.3 Å². The summed E-state index contributed by atoms with van der Waals surface area (Å²) in [5.74, 6) is 5.39. The van der Waals surface area contributed by atoms with Gasteiger partial charge >= 0.3 is 0 Å². The summed E-state index contributed by atoms with van der Waals surface area (Å²) in [5.41, 5.74) is 8.88. The lowest BCUT2D eigenvalue weighted by molar-refractivity contribution is -0.0400. The number of rotatable bonds is 3. The highest BCUT2D eigenvalue weighted by atomic mass is 32.1. The van der Waals surface area contributed by atoms with E-state index >= 15 is 0 Å². The van der Waals surface area contributed by atoms with Crippen LogP contribution in [0, 0.1) is 23.7 Å². The van der Waals surface area contributed by atoms with Crippen molar-refractivity contribution < 1.29 is 0 Å². The highest BCUT2D eigenvalue weighted by molar-refractivity contribution is 7.26. The maximum atomic E-state index is 5.25. The van der Waals surface area contributed by atoms with E-state index in [1.165, 1.54) is 74.5 Å². The first-order chi connectivity index (χ1) is 23.2. The Bertz CT molecular complexity index is 2360. The molecule has 0 unspecified atom stereocenters. The zero-order chi connectivity index (χ0) is 30.7. The van der Waals surface area contributed by atoms with E-state index in [9.17, 15) is 0 Å². The first-order valence-electron chi connectivity index (χ1n) is 17.1. The molecule has 0 radical (unpaired) electrons. The Balaban J connectivity index is 1.12. The summed E-state index contributed by atoms with van der Waals surface area (Å²) in [6, 6.07) is 34.8. The van der Waals surface area contributed by atoms with Crippen molar-refractivity contribution in [3.63, 3.8) is 0 Å². The van der Waals surface area contributed by atoms with Crippen LogP contribution in [0.2, 0.25) is 0 Å². The predicted octanol–water partition coefficient (Wildman–Crippen LogP) is 10.4. The molecule has 0 saturated heterocycles. The summed E-state index contributed by atoms with van der Waals surface area (Å²) in [4.78, 5) is 20.2. The van der Waals surface area contributed by atoms with E-state index in [1.54, 1.807) is 0 Å². The molecule has 4 bridgehead atoms. The summed E-state index contributed by atoms with van der Waals surface area (Å²) in [7, 11) is 0. The van der Waals surface area contributed by atoms with E-state index in [4.69, 9.17) is 19.9 Å². The number of fused-ring (bicyclic) bond motifs is 6. The van der Waals surface area contributed by atoms with Crippen molar-refractivity contribution in [2.75, 3.05) is 0 Å². The maximum absolute atomic E-state index is 5.25. The molecule has 47 heavy (non-hydrogen) atoms. The van der Waals surface area contributed by atoms with E-state index in [-0.39, 0.29) is 5.41 Å². The Morgan fingerprint density at radius 3 is 2.11 bits per heavy atom. The molecule has 3 heterocycles. The topological polar surface area (TPSA) is 51.6 Å². The highest BCUT2D eigenvalue weighted by Crippen LogP contribution is 2.69.